The predicted octanol–water partition coefficient (Wildman–Crippen LogP) is 2.50. The second kappa shape index (κ2) is 6.23. The number of ether oxygens (including phenoxy) is 1. The van der Waals surface area contributed by atoms with E-state index in [4.69, 9.17) is 4.74 Å². The predicted molar refractivity (Wildman–Crippen MR) is 71.4 cm³/mol. The molecule has 1 aliphatic rings. The third-order valence-corrected chi connectivity index (χ3v) is 3.91. The van der Waals surface area contributed by atoms with Crippen LogP contribution in [0.3, 0.4) is 0 Å². The molecule has 1 aliphatic heterocycles. The number of amides is 1. The topological polar surface area (TPSA) is 72.9 Å². The van der Waals surface area contributed by atoms with Crippen molar-refractivity contribution in [3.8, 4) is 0 Å². The highest BCUT2D eigenvalue weighted by molar-refractivity contribution is 7.87. The summed E-state index contributed by atoms with van der Waals surface area (Å²) in [6, 6.07) is 0. The van der Waals surface area contributed by atoms with Gasteiger partial charge in [0.15, 0.2) is 0 Å². The van der Waals surface area contributed by atoms with Gasteiger partial charge in [0, 0.05) is 6.54 Å². The lowest BCUT2D eigenvalue weighted by atomic mass is 9.98. The zero-order valence-corrected chi connectivity index (χ0v) is 13.6. The van der Waals surface area contributed by atoms with Crippen LogP contribution in [-0.2, 0) is 19.0 Å². The molecule has 2 atom stereocenters. The first kappa shape index (κ1) is 19.0. The van der Waals surface area contributed by atoms with Gasteiger partial charge in [-0.3, -0.25) is 4.18 Å². The minimum atomic E-state index is -5.68. The van der Waals surface area contributed by atoms with E-state index in [1.54, 1.807) is 27.7 Å². The van der Waals surface area contributed by atoms with E-state index in [0.29, 0.717) is 0 Å². The third kappa shape index (κ3) is 5.31. The van der Waals surface area contributed by atoms with Gasteiger partial charge in [-0.2, -0.15) is 21.6 Å². The summed E-state index contributed by atoms with van der Waals surface area (Å²) in [5.41, 5.74) is -6.24. The van der Waals surface area contributed by atoms with Crippen LogP contribution >= 0.6 is 0 Å². The largest absolute Gasteiger partial charge is 0.523 e. The summed E-state index contributed by atoms with van der Waals surface area (Å²) < 4.78 is 68.5. The highest BCUT2D eigenvalue weighted by atomic mass is 32.2. The Bertz CT molecular complexity index is 512. The SMILES string of the molecule is C[C@@H]1CC(OS(=O)(=O)C(F)(F)F)CN(C(=O)OC(C)(C)C)C1. The molecule has 1 rings (SSSR count). The molecule has 1 saturated heterocycles. The molecule has 0 aromatic carbocycles. The lowest BCUT2D eigenvalue weighted by molar-refractivity contribution is -0.0615. The second-order valence-electron chi connectivity index (χ2n) is 6.34. The summed E-state index contributed by atoms with van der Waals surface area (Å²) in [6.45, 7) is 6.64. The molecule has 0 aromatic heterocycles. The van der Waals surface area contributed by atoms with Crippen LogP contribution < -0.4 is 0 Å². The van der Waals surface area contributed by atoms with Gasteiger partial charge in [-0.05, 0) is 33.1 Å². The Labute approximate surface area is 127 Å². The maximum Gasteiger partial charge on any atom is 0.523 e. The van der Waals surface area contributed by atoms with E-state index >= 15 is 0 Å². The number of carbonyl (C=O) groups excluding carboxylic acids is 1. The van der Waals surface area contributed by atoms with Gasteiger partial charge in [-0.1, -0.05) is 6.92 Å². The summed E-state index contributed by atoms with van der Waals surface area (Å²) in [4.78, 5) is 13.1. The van der Waals surface area contributed by atoms with Gasteiger partial charge >= 0.3 is 21.7 Å². The van der Waals surface area contributed by atoms with E-state index in [-0.39, 0.29) is 25.4 Å². The molecule has 10 heteroatoms. The van der Waals surface area contributed by atoms with E-state index in [9.17, 15) is 26.4 Å². The molecule has 1 fully saturated rings. The minimum Gasteiger partial charge on any atom is -0.444 e. The standard InChI is InChI=1S/C12H20F3NO5S/c1-8-5-9(21-22(18,19)12(13,14)15)7-16(6-8)10(17)20-11(2,3)4/h8-9H,5-7H2,1-4H3/t8-,9?/m1/s1. The molecule has 0 N–H and O–H groups in total. The number of carbonyl (C=O) groups is 1. The van der Waals surface area contributed by atoms with E-state index < -0.39 is 33.4 Å². The van der Waals surface area contributed by atoms with Gasteiger partial charge in [0.25, 0.3) is 0 Å². The average molecular weight is 347 g/mol. The summed E-state index contributed by atoms with van der Waals surface area (Å²) >= 11 is 0. The molecule has 1 unspecified atom stereocenters. The summed E-state index contributed by atoms with van der Waals surface area (Å²) in [6.07, 6.45) is -1.85. The summed E-state index contributed by atoms with van der Waals surface area (Å²) in [5.74, 6) is -0.213. The number of likely N-dealkylation sites (tertiary alicyclic amines) is 1. The van der Waals surface area contributed by atoms with E-state index in [0.717, 1.165) is 4.90 Å². The number of halogens is 3. The summed E-state index contributed by atoms with van der Waals surface area (Å²) in [5, 5.41) is 0. The van der Waals surface area contributed by atoms with Gasteiger partial charge < -0.3 is 9.64 Å². The molecule has 1 heterocycles. The van der Waals surface area contributed by atoms with Gasteiger partial charge in [0.2, 0.25) is 0 Å². The first-order chi connectivity index (χ1) is 9.71. The van der Waals surface area contributed by atoms with Crippen molar-refractivity contribution in [1.29, 1.82) is 0 Å². The smallest absolute Gasteiger partial charge is 0.444 e. The summed E-state index contributed by atoms with van der Waals surface area (Å²) in [7, 11) is -5.68. The van der Waals surface area contributed by atoms with E-state index in [1.807, 2.05) is 0 Å². The van der Waals surface area contributed by atoms with Crippen LogP contribution in [0.25, 0.3) is 0 Å². The molecule has 0 spiro atoms. The molecule has 130 valence electrons. The van der Waals surface area contributed by atoms with Crippen molar-refractivity contribution in [2.45, 2.75) is 51.3 Å². The molecular weight excluding hydrogens is 327 g/mol. The van der Waals surface area contributed by atoms with E-state index in [2.05, 4.69) is 4.18 Å². The lowest BCUT2D eigenvalue weighted by Gasteiger charge is -2.36. The van der Waals surface area contributed by atoms with Crippen LogP contribution in [0.15, 0.2) is 0 Å². The molecule has 6 nitrogen and oxygen atoms in total. The normalized spacial score (nSPS) is 24.2. The van der Waals surface area contributed by atoms with Gasteiger partial charge in [0.05, 0.1) is 12.6 Å². The lowest BCUT2D eigenvalue weighted by Crippen LogP contribution is -2.49. The average Bonchev–Trinajstić information content (AvgIpc) is 2.23. The van der Waals surface area contributed by atoms with Crippen molar-refractivity contribution in [2.75, 3.05) is 13.1 Å². The number of hydrogen-bond donors (Lipinski definition) is 0. The minimum absolute atomic E-state index is 0.106. The van der Waals surface area contributed by atoms with Crippen LogP contribution in [0.1, 0.15) is 34.1 Å². The van der Waals surface area contributed by atoms with Crippen molar-refractivity contribution in [2.24, 2.45) is 5.92 Å². The maximum atomic E-state index is 12.3. The first-order valence-electron chi connectivity index (χ1n) is 6.69. The van der Waals surface area contributed by atoms with E-state index in [1.165, 1.54) is 0 Å². The Hall–Kier alpha value is -1.03. The Balaban J connectivity index is 2.78. The van der Waals surface area contributed by atoms with Crippen molar-refractivity contribution in [3.63, 3.8) is 0 Å². The quantitative estimate of drug-likeness (QED) is 0.567. The molecule has 0 aliphatic carbocycles. The maximum absolute atomic E-state index is 12.3. The van der Waals surface area contributed by atoms with Crippen molar-refractivity contribution >= 4 is 16.2 Å². The number of alkyl halides is 3. The van der Waals surface area contributed by atoms with Crippen molar-refractivity contribution in [3.05, 3.63) is 0 Å². The first-order valence-corrected chi connectivity index (χ1v) is 8.09. The number of nitrogens with zero attached hydrogens (tertiary/aromatic N) is 1. The zero-order valence-electron chi connectivity index (χ0n) is 12.8. The Kier molecular flexibility index (Phi) is 5.38. The molecule has 0 aromatic rings. The highest BCUT2D eigenvalue weighted by Crippen LogP contribution is 2.29. The fourth-order valence-corrected chi connectivity index (χ4v) is 2.68. The molecule has 0 bridgehead atoms. The molecule has 0 saturated carbocycles. The second-order valence-corrected chi connectivity index (χ2v) is 7.91. The Morgan fingerprint density at radius 2 is 1.73 bits per heavy atom. The van der Waals surface area contributed by atoms with Gasteiger partial charge in [-0.25, -0.2) is 4.79 Å². The number of rotatable bonds is 2. The molecular formula is C12H20F3NO5S. The van der Waals surface area contributed by atoms with Crippen LogP contribution in [0, 0.1) is 5.92 Å². The monoisotopic (exact) mass is 347 g/mol. The van der Waals surface area contributed by atoms with Gasteiger partial charge in [-0.15, -0.1) is 0 Å². The Morgan fingerprint density at radius 3 is 2.18 bits per heavy atom. The van der Waals surface area contributed by atoms with Gasteiger partial charge in [0.1, 0.15) is 5.60 Å². The van der Waals surface area contributed by atoms with Crippen molar-refractivity contribution < 1.29 is 35.3 Å². The fourth-order valence-electron chi connectivity index (χ4n) is 2.07. The van der Waals surface area contributed by atoms with Crippen LogP contribution in [-0.4, -0.2) is 49.7 Å². The number of hydrogen-bond acceptors (Lipinski definition) is 5. The third-order valence-electron chi connectivity index (χ3n) is 2.82. The van der Waals surface area contributed by atoms with Crippen LogP contribution in [0.5, 0.6) is 0 Å². The molecule has 22 heavy (non-hydrogen) atoms. The highest BCUT2D eigenvalue weighted by Gasteiger charge is 2.49. The zero-order chi connectivity index (χ0) is 17.3. The van der Waals surface area contributed by atoms with Crippen LogP contribution in [0.4, 0.5) is 18.0 Å². The number of piperidine rings is 1. The fraction of sp³-hybridized carbons (Fsp3) is 0.917. The van der Waals surface area contributed by atoms with Crippen molar-refractivity contribution in [1.82, 2.24) is 4.90 Å². The Morgan fingerprint density at radius 1 is 1.18 bits per heavy atom. The molecule has 0 radical (unpaired) electrons. The van der Waals surface area contributed by atoms with Crippen LogP contribution in [0.2, 0.25) is 0 Å². The molecule has 1 amide bonds.